The molecule has 0 aromatic heterocycles. The van der Waals surface area contributed by atoms with Crippen LogP contribution in [0.2, 0.25) is 0 Å². The number of anilines is 1. The highest BCUT2D eigenvalue weighted by molar-refractivity contribution is 5.94. The molecule has 1 aliphatic carbocycles. The van der Waals surface area contributed by atoms with Crippen molar-refractivity contribution in [2.45, 2.75) is 76.0 Å². The van der Waals surface area contributed by atoms with Gasteiger partial charge in [0.15, 0.2) is 0 Å². The van der Waals surface area contributed by atoms with Gasteiger partial charge in [0, 0.05) is 49.5 Å². The number of hydrogen-bond donors (Lipinski definition) is 2. The first kappa shape index (κ1) is 19.7. The SMILES string of the molecule is O=C(c1ccc(N2CCC(NC3CCCCC3)CC2)cc1)N1CCC[C@@H](O)C1. The van der Waals surface area contributed by atoms with Gasteiger partial charge in [-0.1, -0.05) is 19.3 Å². The number of aliphatic hydroxyl groups excluding tert-OH is 1. The minimum Gasteiger partial charge on any atom is -0.391 e. The second-order valence-corrected chi connectivity index (χ2v) is 8.86. The van der Waals surface area contributed by atoms with Crippen molar-refractivity contribution in [3.8, 4) is 0 Å². The topological polar surface area (TPSA) is 55.8 Å². The van der Waals surface area contributed by atoms with Crippen LogP contribution in [0.3, 0.4) is 0 Å². The molecule has 2 N–H and O–H groups in total. The van der Waals surface area contributed by atoms with Gasteiger partial charge < -0.3 is 20.2 Å². The lowest BCUT2D eigenvalue weighted by Gasteiger charge is -2.36. The van der Waals surface area contributed by atoms with Crippen LogP contribution in [-0.4, -0.2) is 60.3 Å². The molecule has 0 bridgehead atoms. The van der Waals surface area contributed by atoms with E-state index >= 15 is 0 Å². The van der Waals surface area contributed by atoms with Gasteiger partial charge in [-0.3, -0.25) is 4.79 Å². The van der Waals surface area contributed by atoms with Crippen LogP contribution in [0.4, 0.5) is 5.69 Å². The van der Waals surface area contributed by atoms with Crippen LogP contribution < -0.4 is 10.2 Å². The quantitative estimate of drug-likeness (QED) is 0.836. The number of carbonyl (C=O) groups is 1. The predicted octanol–water partition coefficient (Wildman–Crippen LogP) is 3.17. The molecule has 1 atom stereocenters. The highest BCUT2D eigenvalue weighted by Crippen LogP contribution is 2.24. The first-order valence-corrected chi connectivity index (χ1v) is 11.3. The summed E-state index contributed by atoms with van der Waals surface area (Å²) in [6.45, 7) is 3.37. The molecule has 0 radical (unpaired) electrons. The number of hydrogen-bond acceptors (Lipinski definition) is 4. The van der Waals surface area contributed by atoms with Crippen LogP contribution in [0.25, 0.3) is 0 Å². The second-order valence-electron chi connectivity index (χ2n) is 8.86. The zero-order valence-electron chi connectivity index (χ0n) is 17.0. The van der Waals surface area contributed by atoms with E-state index in [-0.39, 0.29) is 12.0 Å². The summed E-state index contributed by atoms with van der Waals surface area (Å²) >= 11 is 0. The van der Waals surface area contributed by atoms with Crippen molar-refractivity contribution in [2.24, 2.45) is 0 Å². The molecular formula is C23H35N3O2. The Hall–Kier alpha value is -1.59. The monoisotopic (exact) mass is 385 g/mol. The predicted molar refractivity (Wildman–Crippen MR) is 113 cm³/mol. The summed E-state index contributed by atoms with van der Waals surface area (Å²) in [5, 5.41) is 13.7. The number of nitrogens with one attached hydrogen (secondary N) is 1. The fourth-order valence-electron chi connectivity index (χ4n) is 5.04. The minimum atomic E-state index is -0.375. The van der Waals surface area contributed by atoms with E-state index < -0.39 is 0 Å². The first-order valence-electron chi connectivity index (χ1n) is 11.3. The number of carbonyl (C=O) groups excluding carboxylic acids is 1. The molecule has 3 aliphatic rings. The third kappa shape index (κ3) is 4.87. The molecule has 2 saturated heterocycles. The molecule has 0 unspecified atom stereocenters. The van der Waals surface area contributed by atoms with Gasteiger partial charge in [-0.15, -0.1) is 0 Å². The Morgan fingerprint density at radius 1 is 0.857 bits per heavy atom. The average molecular weight is 386 g/mol. The molecule has 1 aromatic carbocycles. The largest absolute Gasteiger partial charge is 0.391 e. The summed E-state index contributed by atoms with van der Waals surface area (Å²) < 4.78 is 0. The van der Waals surface area contributed by atoms with E-state index in [9.17, 15) is 9.90 Å². The number of benzene rings is 1. The van der Waals surface area contributed by atoms with E-state index in [0.29, 0.717) is 12.6 Å². The lowest BCUT2D eigenvalue weighted by molar-refractivity contribution is 0.0474. The van der Waals surface area contributed by atoms with Crippen LogP contribution >= 0.6 is 0 Å². The zero-order valence-corrected chi connectivity index (χ0v) is 17.0. The standard InChI is InChI=1S/C23H35N3O2/c27-22-7-4-14-26(17-22)23(28)18-8-10-21(11-9-18)25-15-12-20(13-16-25)24-19-5-2-1-3-6-19/h8-11,19-20,22,24,27H,1-7,12-17H2/t22-/m1/s1. The van der Waals surface area contributed by atoms with Gasteiger partial charge in [0.2, 0.25) is 0 Å². The van der Waals surface area contributed by atoms with Crippen molar-refractivity contribution >= 4 is 11.6 Å². The summed E-state index contributed by atoms with van der Waals surface area (Å²) in [4.78, 5) is 16.9. The van der Waals surface area contributed by atoms with Gasteiger partial charge in [0.1, 0.15) is 0 Å². The molecule has 5 heteroatoms. The number of piperidine rings is 2. The number of aliphatic hydroxyl groups is 1. The normalized spacial score (nSPS) is 25.1. The molecule has 2 heterocycles. The van der Waals surface area contributed by atoms with E-state index in [4.69, 9.17) is 0 Å². The molecule has 1 aromatic rings. The van der Waals surface area contributed by atoms with Gasteiger partial charge >= 0.3 is 0 Å². The zero-order chi connectivity index (χ0) is 19.3. The third-order valence-electron chi connectivity index (χ3n) is 6.73. The second kappa shape index (κ2) is 9.27. The van der Waals surface area contributed by atoms with Crippen molar-refractivity contribution < 1.29 is 9.90 Å². The Balaban J connectivity index is 1.28. The molecule has 1 saturated carbocycles. The summed E-state index contributed by atoms with van der Waals surface area (Å²) in [6.07, 6.45) is 10.6. The Labute approximate surface area is 169 Å². The van der Waals surface area contributed by atoms with E-state index in [1.54, 1.807) is 4.90 Å². The van der Waals surface area contributed by atoms with Crippen LogP contribution in [0.1, 0.15) is 68.1 Å². The maximum absolute atomic E-state index is 12.7. The summed E-state index contributed by atoms with van der Waals surface area (Å²) in [6, 6.07) is 9.47. The fourth-order valence-corrected chi connectivity index (χ4v) is 5.04. The molecule has 0 spiro atoms. The van der Waals surface area contributed by atoms with Crippen molar-refractivity contribution in [3.05, 3.63) is 29.8 Å². The first-order chi connectivity index (χ1) is 13.7. The van der Waals surface area contributed by atoms with Crippen LogP contribution in [-0.2, 0) is 0 Å². The fraction of sp³-hybridized carbons (Fsp3) is 0.696. The summed E-state index contributed by atoms with van der Waals surface area (Å²) in [5.41, 5.74) is 1.94. The number of nitrogens with zero attached hydrogens (tertiary/aromatic N) is 2. The lowest BCUT2D eigenvalue weighted by atomic mass is 9.93. The minimum absolute atomic E-state index is 0.0423. The van der Waals surface area contributed by atoms with Crippen molar-refractivity contribution in [1.82, 2.24) is 10.2 Å². The van der Waals surface area contributed by atoms with Gasteiger partial charge in [-0.2, -0.15) is 0 Å². The Morgan fingerprint density at radius 3 is 2.21 bits per heavy atom. The smallest absolute Gasteiger partial charge is 0.253 e. The molecule has 3 fully saturated rings. The molecular weight excluding hydrogens is 350 g/mol. The summed E-state index contributed by atoms with van der Waals surface area (Å²) in [5.74, 6) is 0.0423. The van der Waals surface area contributed by atoms with Crippen molar-refractivity contribution in [3.63, 3.8) is 0 Å². The highest BCUT2D eigenvalue weighted by Gasteiger charge is 2.25. The summed E-state index contributed by atoms with van der Waals surface area (Å²) in [7, 11) is 0. The number of amides is 1. The Kier molecular flexibility index (Phi) is 6.53. The number of rotatable bonds is 4. The van der Waals surface area contributed by atoms with Gasteiger partial charge in [-0.05, 0) is 62.8 Å². The Morgan fingerprint density at radius 2 is 1.54 bits per heavy atom. The molecule has 2 aliphatic heterocycles. The highest BCUT2D eigenvalue weighted by atomic mass is 16.3. The maximum Gasteiger partial charge on any atom is 0.253 e. The molecule has 28 heavy (non-hydrogen) atoms. The van der Waals surface area contributed by atoms with Crippen LogP contribution in [0, 0.1) is 0 Å². The van der Waals surface area contributed by atoms with Crippen LogP contribution in [0.5, 0.6) is 0 Å². The van der Waals surface area contributed by atoms with Gasteiger partial charge in [0.25, 0.3) is 5.91 Å². The van der Waals surface area contributed by atoms with E-state index in [2.05, 4.69) is 22.3 Å². The van der Waals surface area contributed by atoms with Gasteiger partial charge in [0.05, 0.1) is 6.10 Å². The third-order valence-corrected chi connectivity index (χ3v) is 6.73. The molecule has 5 nitrogen and oxygen atoms in total. The van der Waals surface area contributed by atoms with E-state index in [1.165, 1.54) is 50.6 Å². The molecule has 4 rings (SSSR count). The van der Waals surface area contributed by atoms with Gasteiger partial charge in [-0.25, -0.2) is 0 Å². The maximum atomic E-state index is 12.7. The lowest BCUT2D eigenvalue weighted by Crippen LogP contribution is -2.46. The number of β-amino-alcohol motifs (C(OH)–C–C–N with tert-alkyl or cyclic N) is 1. The van der Waals surface area contributed by atoms with E-state index in [1.807, 2.05) is 12.1 Å². The Bertz CT molecular complexity index is 634. The number of likely N-dealkylation sites (tertiary alicyclic amines) is 1. The van der Waals surface area contributed by atoms with Crippen molar-refractivity contribution in [1.29, 1.82) is 0 Å². The van der Waals surface area contributed by atoms with Crippen molar-refractivity contribution in [2.75, 3.05) is 31.1 Å². The molecule has 1 amide bonds. The molecule has 154 valence electrons. The average Bonchev–Trinajstić information content (AvgIpc) is 2.75. The van der Waals surface area contributed by atoms with E-state index in [0.717, 1.165) is 44.1 Å². The van der Waals surface area contributed by atoms with Crippen LogP contribution in [0.15, 0.2) is 24.3 Å².